The van der Waals surface area contributed by atoms with Crippen molar-refractivity contribution >= 4 is 16.3 Å². The van der Waals surface area contributed by atoms with E-state index >= 15 is 0 Å². The first-order valence-electron chi connectivity index (χ1n) is 6.95. The van der Waals surface area contributed by atoms with E-state index in [1.807, 2.05) is 4.52 Å². The van der Waals surface area contributed by atoms with Gasteiger partial charge in [0.2, 0.25) is 4.96 Å². The molecule has 7 heteroatoms. The minimum atomic E-state index is 0.351. The summed E-state index contributed by atoms with van der Waals surface area (Å²) in [5, 5.41) is 18.0. The standard InChI is InChI=1S/C12H17N5OS/c1-2-5-13-9(3-1)11-16-17-10(8-4-6-18-7-8)14-15-12(17)19-11/h8-9,13H,1-7H2. The molecule has 0 amide bonds. The summed E-state index contributed by atoms with van der Waals surface area (Å²) in [6, 6.07) is 0.396. The summed E-state index contributed by atoms with van der Waals surface area (Å²) in [6.07, 6.45) is 4.74. The van der Waals surface area contributed by atoms with Crippen LogP contribution in [0, 0.1) is 0 Å². The van der Waals surface area contributed by atoms with Gasteiger partial charge in [-0.05, 0) is 25.8 Å². The monoisotopic (exact) mass is 279 g/mol. The number of aromatic nitrogens is 4. The Morgan fingerprint density at radius 3 is 3.05 bits per heavy atom. The van der Waals surface area contributed by atoms with Crippen LogP contribution in [0.5, 0.6) is 0 Å². The van der Waals surface area contributed by atoms with Gasteiger partial charge in [-0.15, -0.1) is 10.2 Å². The average Bonchev–Trinajstić information content (AvgIpc) is 3.15. The van der Waals surface area contributed by atoms with Crippen molar-refractivity contribution in [1.82, 2.24) is 25.1 Å². The molecule has 1 N–H and O–H groups in total. The van der Waals surface area contributed by atoms with Gasteiger partial charge in [-0.2, -0.15) is 9.61 Å². The molecule has 0 aliphatic carbocycles. The van der Waals surface area contributed by atoms with E-state index in [0.29, 0.717) is 12.0 Å². The highest BCUT2D eigenvalue weighted by Gasteiger charge is 2.26. The van der Waals surface area contributed by atoms with E-state index in [1.165, 1.54) is 19.3 Å². The Bertz CT molecular complexity index is 568. The van der Waals surface area contributed by atoms with E-state index in [4.69, 9.17) is 9.84 Å². The van der Waals surface area contributed by atoms with Gasteiger partial charge in [-0.3, -0.25) is 0 Å². The molecule has 19 heavy (non-hydrogen) atoms. The molecule has 6 nitrogen and oxygen atoms in total. The maximum absolute atomic E-state index is 5.44. The van der Waals surface area contributed by atoms with Crippen LogP contribution in [-0.2, 0) is 4.74 Å². The Balaban J connectivity index is 1.67. The Morgan fingerprint density at radius 1 is 1.26 bits per heavy atom. The molecule has 4 rings (SSSR count). The van der Waals surface area contributed by atoms with Gasteiger partial charge in [-0.1, -0.05) is 17.8 Å². The predicted octanol–water partition coefficient (Wildman–Crippen LogP) is 1.50. The summed E-state index contributed by atoms with van der Waals surface area (Å²) in [4.78, 5) is 0.907. The lowest BCUT2D eigenvalue weighted by Crippen LogP contribution is -2.26. The lowest BCUT2D eigenvalue weighted by Gasteiger charge is -2.20. The van der Waals surface area contributed by atoms with Crippen molar-refractivity contribution in [3.05, 3.63) is 10.8 Å². The fourth-order valence-electron chi connectivity index (χ4n) is 2.84. The zero-order valence-corrected chi connectivity index (χ0v) is 11.5. The first-order valence-corrected chi connectivity index (χ1v) is 7.76. The van der Waals surface area contributed by atoms with Crippen LogP contribution < -0.4 is 5.32 Å². The topological polar surface area (TPSA) is 64.3 Å². The van der Waals surface area contributed by atoms with Gasteiger partial charge in [0.15, 0.2) is 5.82 Å². The maximum atomic E-state index is 5.44. The van der Waals surface area contributed by atoms with Crippen molar-refractivity contribution in [2.45, 2.75) is 37.6 Å². The number of nitrogens with zero attached hydrogens (tertiary/aromatic N) is 4. The summed E-state index contributed by atoms with van der Waals surface area (Å²) in [7, 11) is 0. The average molecular weight is 279 g/mol. The highest BCUT2D eigenvalue weighted by Crippen LogP contribution is 2.29. The number of rotatable bonds is 2. The molecular formula is C12H17N5OS. The number of ether oxygens (including phenoxy) is 1. The van der Waals surface area contributed by atoms with Crippen molar-refractivity contribution in [2.24, 2.45) is 0 Å². The molecule has 0 spiro atoms. The van der Waals surface area contributed by atoms with Gasteiger partial charge in [0.05, 0.1) is 12.6 Å². The summed E-state index contributed by atoms with van der Waals surface area (Å²) < 4.78 is 7.36. The van der Waals surface area contributed by atoms with Crippen molar-refractivity contribution < 1.29 is 4.74 Å². The van der Waals surface area contributed by atoms with Crippen LogP contribution in [0.1, 0.15) is 48.5 Å². The second-order valence-electron chi connectivity index (χ2n) is 5.26. The molecule has 2 aromatic heterocycles. The minimum Gasteiger partial charge on any atom is -0.381 e. The zero-order valence-electron chi connectivity index (χ0n) is 10.7. The van der Waals surface area contributed by atoms with Crippen molar-refractivity contribution in [2.75, 3.05) is 19.8 Å². The predicted molar refractivity (Wildman–Crippen MR) is 71.4 cm³/mol. The number of hydrogen-bond donors (Lipinski definition) is 1. The first-order chi connectivity index (χ1) is 9.42. The Kier molecular flexibility index (Phi) is 2.97. The van der Waals surface area contributed by atoms with Crippen molar-refractivity contribution in [3.8, 4) is 0 Å². The van der Waals surface area contributed by atoms with Gasteiger partial charge in [-0.25, -0.2) is 0 Å². The normalized spacial score (nSPS) is 28.2. The second kappa shape index (κ2) is 4.81. The van der Waals surface area contributed by atoms with Gasteiger partial charge < -0.3 is 10.1 Å². The number of piperidine rings is 1. The molecule has 2 fully saturated rings. The number of fused-ring (bicyclic) bond motifs is 1. The molecule has 0 radical (unpaired) electrons. The SMILES string of the molecule is C1CCC(c2nn3c(C4CCOC4)nnc3s2)NC1. The van der Waals surface area contributed by atoms with E-state index in [2.05, 4.69) is 15.5 Å². The number of hydrogen-bond acceptors (Lipinski definition) is 6. The van der Waals surface area contributed by atoms with Crippen LogP contribution in [0.2, 0.25) is 0 Å². The molecule has 0 bridgehead atoms. The van der Waals surface area contributed by atoms with Gasteiger partial charge in [0.1, 0.15) is 5.01 Å². The smallest absolute Gasteiger partial charge is 0.234 e. The number of nitrogens with one attached hydrogen (secondary N) is 1. The fourth-order valence-corrected chi connectivity index (χ4v) is 3.80. The second-order valence-corrected chi connectivity index (χ2v) is 6.24. The van der Waals surface area contributed by atoms with Crippen molar-refractivity contribution in [3.63, 3.8) is 0 Å². The lowest BCUT2D eigenvalue weighted by atomic mass is 10.1. The minimum absolute atomic E-state index is 0.351. The van der Waals surface area contributed by atoms with Crippen LogP contribution in [0.3, 0.4) is 0 Å². The zero-order chi connectivity index (χ0) is 12.7. The third-order valence-electron chi connectivity index (χ3n) is 3.93. The molecular weight excluding hydrogens is 262 g/mol. The summed E-state index contributed by atoms with van der Waals surface area (Å²) in [5.41, 5.74) is 0. The van der Waals surface area contributed by atoms with Crippen LogP contribution >= 0.6 is 11.3 Å². The Labute approximate surface area is 115 Å². The third kappa shape index (κ3) is 2.05. The molecule has 2 aliphatic rings. The highest BCUT2D eigenvalue weighted by atomic mass is 32.1. The van der Waals surface area contributed by atoms with Crippen LogP contribution in [0.4, 0.5) is 0 Å². The molecule has 2 unspecified atom stereocenters. The van der Waals surface area contributed by atoms with Crippen molar-refractivity contribution in [1.29, 1.82) is 0 Å². The van der Waals surface area contributed by atoms with Gasteiger partial charge in [0.25, 0.3) is 0 Å². The van der Waals surface area contributed by atoms with E-state index in [9.17, 15) is 0 Å². The fraction of sp³-hybridized carbons (Fsp3) is 0.750. The van der Waals surface area contributed by atoms with E-state index in [1.54, 1.807) is 11.3 Å². The molecule has 2 aromatic rings. The molecule has 4 heterocycles. The summed E-state index contributed by atoms with van der Waals surface area (Å²) >= 11 is 1.66. The van der Waals surface area contributed by atoms with Crippen LogP contribution in [0.25, 0.3) is 4.96 Å². The Morgan fingerprint density at radius 2 is 2.26 bits per heavy atom. The molecule has 2 atom stereocenters. The first kappa shape index (κ1) is 11.7. The quantitative estimate of drug-likeness (QED) is 0.902. The highest BCUT2D eigenvalue weighted by molar-refractivity contribution is 7.16. The molecule has 2 saturated heterocycles. The van der Waals surface area contributed by atoms with Gasteiger partial charge in [0, 0.05) is 12.5 Å². The molecule has 2 aliphatic heterocycles. The largest absolute Gasteiger partial charge is 0.381 e. The third-order valence-corrected chi connectivity index (χ3v) is 4.95. The van der Waals surface area contributed by atoms with Crippen LogP contribution in [-0.4, -0.2) is 39.6 Å². The summed E-state index contributed by atoms with van der Waals surface area (Å²) in [6.45, 7) is 2.66. The summed E-state index contributed by atoms with van der Waals surface area (Å²) in [5.74, 6) is 1.31. The Hall–Kier alpha value is -1.05. The van der Waals surface area contributed by atoms with E-state index in [-0.39, 0.29) is 0 Å². The van der Waals surface area contributed by atoms with E-state index < -0.39 is 0 Å². The molecule has 102 valence electrons. The molecule has 0 saturated carbocycles. The van der Waals surface area contributed by atoms with Crippen LogP contribution in [0.15, 0.2) is 0 Å². The maximum Gasteiger partial charge on any atom is 0.234 e. The molecule has 0 aromatic carbocycles. The van der Waals surface area contributed by atoms with Gasteiger partial charge >= 0.3 is 0 Å². The van der Waals surface area contributed by atoms with E-state index in [0.717, 1.165) is 42.0 Å². The lowest BCUT2D eigenvalue weighted by molar-refractivity contribution is 0.193.